The van der Waals surface area contributed by atoms with E-state index < -0.39 is 0 Å². The predicted molar refractivity (Wildman–Crippen MR) is 87.8 cm³/mol. The first-order valence-electron chi connectivity index (χ1n) is 6.39. The molecule has 3 nitrogen and oxygen atoms in total. The Morgan fingerprint density at radius 1 is 1.47 bits per heavy atom. The lowest BCUT2D eigenvalue weighted by Gasteiger charge is -2.15. The summed E-state index contributed by atoms with van der Waals surface area (Å²) in [6, 6.07) is 6.09. The SMILES string of the molecule is Nc1cnc2ccc(Br)cc2c1NCC1CCSC1. The molecule has 0 amide bonds. The smallest absolute Gasteiger partial charge is 0.0743 e. The van der Waals surface area contributed by atoms with Gasteiger partial charge in [-0.15, -0.1) is 0 Å². The van der Waals surface area contributed by atoms with Crippen LogP contribution in [0.3, 0.4) is 0 Å². The quantitative estimate of drug-likeness (QED) is 0.895. The summed E-state index contributed by atoms with van der Waals surface area (Å²) in [4.78, 5) is 4.37. The molecule has 2 heterocycles. The summed E-state index contributed by atoms with van der Waals surface area (Å²) in [5.74, 6) is 3.28. The number of nitrogens with one attached hydrogen (secondary N) is 1. The lowest BCUT2D eigenvalue weighted by molar-refractivity contribution is 0.632. The Kier molecular flexibility index (Phi) is 3.84. The van der Waals surface area contributed by atoms with Crippen molar-refractivity contribution in [2.24, 2.45) is 5.92 Å². The van der Waals surface area contributed by atoms with Crippen LogP contribution in [0.4, 0.5) is 11.4 Å². The number of fused-ring (bicyclic) bond motifs is 1. The molecule has 3 N–H and O–H groups in total. The van der Waals surface area contributed by atoms with Crippen molar-refractivity contribution in [3.63, 3.8) is 0 Å². The van der Waals surface area contributed by atoms with Crippen LogP contribution in [0.15, 0.2) is 28.9 Å². The Bertz CT molecular complexity index is 591. The molecule has 1 unspecified atom stereocenters. The summed E-state index contributed by atoms with van der Waals surface area (Å²) in [7, 11) is 0. The van der Waals surface area contributed by atoms with E-state index in [4.69, 9.17) is 5.73 Å². The van der Waals surface area contributed by atoms with Gasteiger partial charge in [0.2, 0.25) is 0 Å². The van der Waals surface area contributed by atoms with Gasteiger partial charge >= 0.3 is 0 Å². The van der Waals surface area contributed by atoms with Gasteiger partial charge in [-0.1, -0.05) is 15.9 Å². The molecule has 5 heteroatoms. The fourth-order valence-corrected chi connectivity index (χ4v) is 4.01. The van der Waals surface area contributed by atoms with E-state index in [1.165, 1.54) is 17.9 Å². The number of nitrogen functional groups attached to an aromatic ring is 1. The van der Waals surface area contributed by atoms with E-state index in [-0.39, 0.29) is 0 Å². The van der Waals surface area contributed by atoms with Crippen molar-refractivity contribution < 1.29 is 0 Å². The molecule has 1 atom stereocenters. The molecule has 0 radical (unpaired) electrons. The normalized spacial score (nSPS) is 18.9. The minimum Gasteiger partial charge on any atom is -0.396 e. The number of aromatic nitrogens is 1. The highest BCUT2D eigenvalue weighted by Crippen LogP contribution is 2.31. The van der Waals surface area contributed by atoms with Crippen LogP contribution in [0.1, 0.15) is 6.42 Å². The molecular weight excluding hydrogens is 322 g/mol. The van der Waals surface area contributed by atoms with E-state index in [0.717, 1.165) is 39.2 Å². The van der Waals surface area contributed by atoms with Gasteiger partial charge in [-0.25, -0.2) is 0 Å². The number of benzene rings is 1. The number of nitrogens with two attached hydrogens (primary N) is 1. The topological polar surface area (TPSA) is 50.9 Å². The van der Waals surface area contributed by atoms with Gasteiger partial charge in [0.1, 0.15) is 0 Å². The maximum absolute atomic E-state index is 6.08. The zero-order chi connectivity index (χ0) is 13.2. The lowest BCUT2D eigenvalue weighted by atomic mass is 10.1. The van der Waals surface area contributed by atoms with Crippen LogP contribution in [0.2, 0.25) is 0 Å². The standard InChI is InChI=1S/C14H16BrN3S/c15-10-1-2-13-11(5-10)14(12(16)7-17-13)18-6-9-3-4-19-8-9/h1-2,5,7,9H,3-4,6,8,16H2,(H,17,18). The van der Waals surface area contributed by atoms with Gasteiger partial charge in [-0.05, 0) is 42.0 Å². The molecule has 1 fully saturated rings. The summed E-state index contributed by atoms with van der Waals surface area (Å²) in [5.41, 5.74) is 8.78. The Balaban J connectivity index is 1.91. The van der Waals surface area contributed by atoms with Crippen LogP contribution in [0.25, 0.3) is 10.9 Å². The molecule has 0 aliphatic carbocycles. The monoisotopic (exact) mass is 337 g/mol. The van der Waals surface area contributed by atoms with Crippen molar-refractivity contribution in [3.8, 4) is 0 Å². The van der Waals surface area contributed by atoms with E-state index in [1.807, 2.05) is 23.9 Å². The summed E-state index contributed by atoms with van der Waals surface area (Å²) in [6.07, 6.45) is 3.03. The Morgan fingerprint density at radius 2 is 2.37 bits per heavy atom. The fourth-order valence-electron chi connectivity index (χ4n) is 2.37. The van der Waals surface area contributed by atoms with E-state index in [1.54, 1.807) is 6.20 Å². The average Bonchev–Trinajstić information content (AvgIpc) is 2.91. The van der Waals surface area contributed by atoms with Crippen molar-refractivity contribution in [1.29, 1.82) is 0 Å². The van der Waals surface area contributed by atoms with Crippen molar-refractivity contribution in [1.82, 2.24) is 4.98 Å². The summed E-state index contributed by atoms with van der Waals surface area (Å²) in [5, 5.41) is 4.61. The Morgan fingerprint density at radius 3 is 3.16 bits per heavy atom. The zero-order valence-electron chi connectivity index (χ0n) is 10.5. The third-order valence-electron chi connectivity index (χ3n) is 3.45. The summed E-state index contributed by atoms with van der Waals surface area (Å²) in [6.45, 7) is 0.989. The molecule has 1 saturated heterocycles. The minimum absolute atomic E-state index is 0.719. The van der Waals surface area contributed by atoms with Crippen LogP contribution in [-0.4, -0.2) is 23.0 Å². The van der Waals surface area contributed by atoms with Crippen LogP contribution in [0, 0.1) is 5.92 Å². The van der Waals surface area contributed by atoms with E-state index in [0.29, 0.717) is 0 Å². The van der Waals surface area contributed by atoms with Crippen LogP contribution >= 0.6 is 27.7 Å². The lowest BCUT2D eigenvalue weighted by Crippen LogP contribution is -2.14. The van der Waals surface area contributed by atoms with Gasteiger partial charge in [0.05, 0.1) is 23.1 Å². The fraction of sp³-hybridized carbons (Fsp3) is 0.357. The largest absolute Gasteiger partial charge is 0.396 e. The first kappa shape index (κ1) is 13.1. The second kappa shape index (κ2) is 5.59. The van der Waals surface area contributed by atoms with Gasteiger partial charge < -0.3 is 11.1 Å². The van der Waals surface area contributed by atoms with E-state index in [9.17, 15) is 0 Å². The number of rotatable bonds is 3. The first-order valence-corrected chi connectivity index (χ1v) is 8.34. The molecule has 3 rings (SSSR count). The molecule has 100 valence electrons. The third-order valence-corrected chi connectivity index (χ3v) is 5.18. The van der Waals surface area contributed by atoms with Gasteiger partial charge in [0, 0.05) is 16.4 Å². The van der Waals surface area contributed by atoms with Crippen LogP contribution in [0.5, 0.6) is 0 Å². The molecule has 1 aliphatic rings. The first-order chi connectivity index (χ1) is 9.24. The van der Waals surface area contributed by atoms with Crippen LogP contribution < -0.4 is 11.1 Å². The second-order valence-electron chi connectivity index (χ2n) is 4.86. The van der Waals surface area contributed by atoms with Gasteiger partial charge in [-0.3, -0.25) is 4.98 Å². The molecule has 1 aliphatic heterocycles. The Labute approximate surface area is 125 Å². The number of nitrogens with zero attached hydrogens (tertiary/aromatic N) is 1. The molecule has 0 bridgehead atoms. The zero-order valence-corrected chi connectivity index (χ0v) is 12.9. The predicted octanol–water partition coefficient (Wildman–Crippen LogP) is 3.74. The number of halogens is 1. The molecule has 0 saturated carbocycles. The van der Waals surface area contributed by atoms with E-state index >= 15 is 0 Å². The molecule has 1 aromatic heterocycles. The second-order valence-corrected chi connectivity index (χ2v) is 6.93. The minimum atomic E-state index is 0.719. The molecule has 19 heavy (non-hydrogen) atoms. The number of thioether (sulfide) groups is 1. The van der Waals surface area contributed by atoms with Gasteiger partial charge in [0.25, 0.3) is 0 Å². The van der Waals surface area contributed by atoms with E-state index in [2.05, 4.69) is 32.3 Å². The molecule has 0 spiro atoms. The summed E-state index contributed by atoms with van der Waals surface area (Å²) < 4.78 is 1.05. The Hall–Kier alpha value is -0.940. The number of hydrogen-bond donors (Lipinski definition) is 2. The number of anilines is 2. The van der Waals surface area contributed by atoms with Crippen LogP contribution in [-0.2, 0) is 0 Å². The molecule has 1 aromatic carbocycles. The van der Waals surface area contributed by atoms with Crippen molar-refractivity contribution >= 4 is 50.0 Å². The highest BCUT2D eigenvalue weighted by atomic mass is 79.9. The third kappa shape index (κ3) is 2.82. The van der Waals surface area contributed by atoms with Crippen molar-refractivity contribution in [3.05, 3.63) is 28.9 Å². The highest BCUT2D eigenvalue weighted by molar-refractivity contribution is 9.10. The maximum Gasteiger partial charge on any atom is 0.0743 e. The number of hydrogen-bond acceptors (Lipinski definition) is 4. The number of pyridine rings is 1. The van der Waals surface area contributed by atoms with Crippen molar-refractivity contribution in [2.45, 2.75) is 6.42 Å². The summed E-state index contributed by atoms with van der Waals surface area (Å²) >= 11 is 5.55. The van der Waals surface area contributed by atoms with Crippen molar-refractivity contribution in [2.75, 3.05) is 29.1 Å². The van der Waals surface area contributed by atoms with Gasteiger partial charge in [0.15, 0.2) is 0 Å². The highest BCUT2D eigenvalue weighted by Gasteiger charge is 2.16. The molecular formula is C14H16BrN3S. The molecule has 2 aromatic rings. The maximum atomic E-state index is 6.08. The average molecular weight is 338 g/mol. The van der Waals surface area contributed by atoms with Gasteiger partial charge in [-0.2, -0.15) is 11.8 Å².